The summed E-state index contributed by atoms with van der Waals surface area (Å²) >= 11 is 0. The summed E-state index contributed by atoms with van der Waals surface area (Å²) in [6.45, 7) is 4.49. The Labute approximate surface area is 186 Å². The van der Waals surface area contributed by atoms with Crippen molar-refractivity contribution in [2.75, 3.05) is 23.5 Å². The van der Waals surface area contributed by atoms with Crippen LogP contribution in [0.2, 0.25) is 0 Å². The van der Waals surface area contributed by atoms with Gasteiger partial charge in [0.05, 0.1) is 29.8 Å². The number of halogens is 3. The van der Waals surface area contributed by atoms with E-state index in [1.807, 2.05) is 0 Å². The highest BCUT2D eigenvalue weighted by Gasteiger charge is 2.35. The topological polar surface area (TPSA) is 96.4 Å². The number of para-hydroxylation sites is 1. The van der Waals surface area contributed by atoms with Crippen molar-refractivity contribution in [2.45, 2.75) is 12.4 Å². The van der Waals surface area contributed by atoms with E-state index < -0.39 is 6.36 Å². The number of rotatable bonds is 7. The van der Waals surface area contributed by atoms with Crippen molar-refractivity contribution in [2.24, 2.45) is 0 Å². The van der Waals surface area contributed by atoms with Crippen LogP contribution in [0.5, 0.6) is 0 Å². The van der Waals surface area contributed by atoms with Gasteiger partial charge in [-0.05, 0) is 18.2 Å². The summed E-state index contributed by atoms with van der Waals surface area (Å²) in [5.41, 5.74) is 0.984. The highest BCUT2D eigenvalue weighted by atomic mass is 19.4. The van der Waals surface area contributed by atoms with Crippen molar-refractivity contribution < 1.29 is 22.8 Å². The molecule has 3 aromatic rings. The minimum atomic E-state index is -4.93. The van der Waals surface area contributed by atoms with Gasteiger partial charge < -0.3 is 10.2 Å². The Morgan fingerprint density at radius 3 is 2.48 bits per heavy atom. The molecule has 0 bridgehead atoms. The van der Waals surface area contributed by atoms with Crippen LogP contribution in [0.4, 0.5) is 30.6 Å². The monoisotopic (exact) mass is 457 g/mol. The number of nitrogens with one attached hydrogen (secondary N) is 1. The highest BCUT2D eigenvalue weighted by Crippen LogP contribution is 2.29. The number of likely N-dealkylation sites (tertiary alicyclic amines) is 1. The number of alkyl halides is 3. The normalized spacial score (nSPS) is 13.8. The van der Waals surface area contributed by atoms with Crippen LogP contribution in [0.15, 0.2) is 67.8 Å². The number of hydrogen-bond acceptors (Lipinski definition) is 8. The van der Waals surface area contributed by atoms with Gasteiger partial charge in [-0.2, -0.15) is 9.90 Å². The number of aromatic nitrogens is 4. The lowest BCUT2D eigenvalue weighted by atomic mass is 10.1. The molecule has 0 aliphatic carbocycles. The molecule has 1 N–H and O–H groups in total. The number of benzene rings is 1. The summed E-state index contributed by atoms with van der Waals surface area (Å²) in [4.78, 5) is 33.9. The van der Waals surface area contributed by atoms with Gasteiger partial charge in [-0.15, -0.1) is 13.2 Å². The fourth-order valence-electron chi connectivity index (χ4n) is 3.10. The zero-order chi connectivity index (χ0) is 23.4. The van der Waals surface area contributed by atoms with E-state index in [1.54, 1.807) is 23.1 Å². The number of carbonyl (C=O) groups is 1. The Morgan fingerprint density at radius 2 is 1.85 bits per heavy atom. The SMILES string of the molecule is C=CC(=O)N1CC(Nc2cncc(-c3cnc(N(OC(F)(F)F)c4ccccc4)nc3)n2)C1. The molecule has 1 fully saturated rings. The zero-order valence-electron chi connectivity index (χ0n) is 17.1. The largest absolute Gasteiger partial charge is 0.544 e. The van der Waals surface area contributed by atoms with Gasteiger partial charge in [-0.1, -0.05) is 24.8 Å². The van der Waals surface area contributed by atoms with Crippen molar-refractivity contribution in [3.63, 3.8) is 0 Å². The number of hydrogen-bond donors (Lipinski definition) is 1. The van der Waals surface area contributed by atoms with Gasteiger partial charge in [0.2, 0.25) is 5.91 Å². The maximum absolute atomic E-state index is 12.9. The van der Waals surface area contributed by atoms with Crippen LogP contribution in [0, 0.1) is 0 Å². The summed E-state index contributed by atoms with van der Waals surface area (Å²) in [6.07, 6.45) is 2.01. The summed E-state index contributed by atoms with van der Waals surface area (Å²) in [5, 5.41) is 3.68. The first kappa shape index (κ1) is 22.1. The van der Waals surface area contributed by atoms with Gasteiger partial charge in [0.25, 0.3) is 5.95 Å². The summed E-state index contributed by atoms with van der Waals surface area (Å²) in [7, 11) is 0. The molecule has 1 aliphatic heterocycles. The molecule has 1 saturated heterocycles. The van der Waals surface area contributed by atoms with Crippen LogP contribution >= 0.6 is 0 Å². The predicted octanol–water partition coefficient (Wildman–Crippen LogP) is 3.33. The van der Waals surface area contributed by atoms with E-state index in [0.717, 1.165) is 0 Å². The predicted molar refractivity (Wildman–Crippen MR) is 113 cm³/mol. The standard InChI is InChI=1S/C21H18F3N7O2/c1-2-19(32)30-12-15(13-30)28-18-11-25-10-17(29-18)14-8-26-20(27-9-14)31(33-21(22,23)24)16-6-4-3-5-7-16/h2-11,15H,1,12-13H2,(H,28,29). The molecular weight excluding hydrogens is 439 g/mol. The Bertz CT molecular complexity index is 1120. The Balaban J connectivity index is 1.49. The fourth-order valence-corrected chi connectivity index (χ4v) is 3.10. The molecule has 9 nitrogen and oxygen atoms in total. The van der Waals surface area contributed by atoms with Crippen LogP contribution in [-0.2, 0) is 9.63 Å². The molecule has 3 heterocycles. The lowest BCUT2D eigenvalue weighted by Gasteiger charge is -2.39. The summed E-state index contributed by atoms with van der Waals surface area (Å²) < 4.78 is 38.8. The molecule has 0 atom stereocenters. The molecule has 0 unspecified atom stereocenters. The lowest BCUT2D eigenvalue weighted by molar-refractivity contribution is -0.325. The van der Waals surface area contributed by atoms with Crippen LogP contribution < -0.4 is 10.4 Å². The molecule has 12 heteroatoms. The number of amides is 1. The molecule has 0 radical (unpaired) electrons. The van der Waals surface area contributed by atoms with Crippen molar-refractivity contribution in [3.05, 3.63) is 67.8 Å². The van der Waals surface area contributed by atoms with Gasteiger partial charge in [0.15, 0.2) is 0 Å². The Hall–Kier alpha value is -4.06. The van der Waals surface area contributed by atoms with Gasteiger partial charge in [0.1, 0.15) is 5.82 Å². The van der Waals surface area contributed by atoms with Crippen molar-refractivity contribution in [1.82, 2.24) is 24.8 Å². The van der Waals surface area contributed by atoms with Crippen molar-refractivity contribution in [1.29, 1.82) is 0 Å². The average molecular weight is 457 g/mol. The molecule has 2 aromatic heterocycles. The van der Waals surface area contributed by atoms with E-state index in [-0.39, 0.29) is 23.6 Å². The Kier molecular flexibility index (Phi) is 6.18. The molecule has 1 aliphatic rings. The highest BCUT2D eigenvalue weighted by molar-refractivity contribution is 5.87. The van der Waals surface area contributed by atoms with E-state index in [2.05, 4.69) is 36.7 Å². The zero-order valence-corrected chi connectivity index (χ0v) is 17.1. The number of anilines is 3. The molecule has 0 saturated carbocycles. The van der Waals surface area contributed by atoms with E-state index in [4.69, 9.17) is 0 Å². The van der Waals surface area contributed by atoms with E-state index in [1.165, 1.54) is 43.0 Å². The first-order valence-corrected chi connectivity index (χ1v) is 9.76. The second kappa shape index (κ2) is 9.20. The van der Waals surface area contributed by atoms with Gasteiger partial charge in [-0.3, -0.25) is 9.78 Å². The molecule has 0 spiro atoms. The maximum Gasteiger partial charge on any atom is 0.544 e. The molecule has 33 heavy (non-hydrogen) atoms. The second-order valence-corrected chi connectivity index (χ2v) is 7.02. The first-order chi connectivity index (χ1) is 15.8. The van der Waals surface area contributed by atoms with Crippen LogP contribution in [0.25, 0.3) is 11.3 Å². The van der Waals surface area contributed by atoms with Crippen LogP contribution in [-0.4, -0.2) is 56.2 Å². The molecule has 1 aromatic carbocycles. The van der Waals surface area contributed by atoms with Gasteiger partial charge in [0, 0.05) is 31.0 Å². The van der Waals surface area contributed by atoms with Crippen LogP contribution in [0.1, 0.15) is 0 Å². The smallest absolute Gasteiger partial charge is 0.362 e. The van der Waals surface area contributed by atoms with E-state index in [9.17, 15) is 18.0 Å². The number of carbonyl (C=O) groups excluding carboxylic acids is 1. The molecular formula is C21H18F3N7O2. The first-order valence-electron chi connectivity index (χ1n) is 9.76. The third-order valence-corrected chi connectivity index (χ3v) is 4.66. The second-order valence-electron chi connectivity index (χ2n) is 7.02. The van der Waals surface area contributed by atoms with Gasteiger partial charge in [-0.25, -0.2) is 15.0 Å². The minimum Gasteiger partial charge on any atom is -0.362 e. The van der Waals surface area contributed by atoms with Gasteiger partial charge >= 0.3 is 6.36 Å². The quantitative estimate of drug-likeness (QED) is 0.426. The third kappa shape index (κ3) is 5.41. The summed E-state index contributed by atoms with van der Waals surface area (Å²) in [6, 6.07) is 7.70. The summed E-state index contributed by atoms with van der Waals surface area (Å²) in [5.74, 6) is 0.0497. The minimum absolute atomic E-state index is 0.0241. The third-order valence-electron chi connectivity index (χ3n) is 4.66. The van der Waals surface area contributed by atoms with E-state index in [0.29, 0.717) is 35.2 Å². The Morgan fingerprint density at radius 1 is 1.15 bits per heavy atom. The number of nitrogens with zero attached hydrogens (tertiary/aromatic N) is 6. The van der Waals surface area contributed by atoms with E-state index >= 15 is 0 Å². The van der Waals surface area contributed by atoms with Crippen molar-refractivity contribution >= 4 is 23.4 Å². The van der Waals surface area contributed by atoms with Crippen molar-refractivity contribution in [3.8, 4) is 11.3 Å². The molecule has 1 amide bonds. The maximum atomic E-state index is 12.9. The van der Waals surface area contributed by atoms with Crippen LogP contribution in [0.3, 0.4) is 0 Å². The molecule has 4 rings (SSSR count). The average Bonchev–Trinajstić information content (AvgIpc) is 2.79. The fraction of sp³-hybridized carbons (Fsp3) is 0.190. The molecule has 170 valence electrons. The lowest BCUT2D eigenvalue weighted by Crippen LogP contribution is -2.56.